The van der Waals surface area contributed by atoms with E-state index in [9.17, 15) is 8.42 Å². The summed E-state index contributed by atoms with van der Waals surface area (Å²) < 4.78 is 34.0. The molecular formula is C12H22N4O3S2. The van der Waals surface area contributed by atoms with Crippen LogP contribution >= 0.6 is 11.5 Å². The highest BCUT2D eigenvalue weighted by Crippen LogP contribution is 2.24. The van der Waals surface area contributed by atoms with Gasteiger partial charge in [0.1, 0.15) is 5.82 Å². The van der Waals surface area contributed by atoms with Crippen LogP contribution in [-0.2, 0) is 21.2 Å². The Morgan fingerprint density at radius 2 is 2.10 bits per heavy atom. The van der Waals surface area contributed by atoms with Crippen molar-refractivity contribution in [2.24, 2.45) is 0 Å². The molecule has 1 fully saturated rings. The van der Waals surface area contributed by atoms with Gasteiger partial charge in [0.2, 0.25) is 15.2 Å². The van der Waals surface area contributed by atoms with Gasteiger partial charge >= 0.3 is 0 Å². The molecule has 7 nitrogen and oxygen atoms in total. The molecule has 0 N–H and O–H groups in total. The standard InChI is InChI=1S/C12H22N4O3S2/c1-15(21(3,17)18)10-4-7-16(8-5-10)12-13-11(14-20-12)6-9-19-2/h10H,4-9H2,1-3H3. The van der Waals surface area contributed by atoms with Crippen molar-refractivity contribution in [3.8, 4) is 0 Å². The lowest BCUT2D eigenvalue weighted by Crippen LogP contribution is -2.45. The first kappa shape index (κ1) is 16.6. The van der Waals surface area contributed by atoms with Crippen molar-refractivity contribution in [2.75, 3.05) is 45.0 Å². The summed E-state index contributed by atoms with van der Waals surface area (Å²) in [6.07, 6.45) is 3.61. The normalized spacial score (nSPS) is 17.6. The van der Waals surface area contributed by atoms with E-state index in [2.05, 4.69) is 14.3 Å². The van der Waals surface area contributed by atoms with E-state index in [0.717, 1.165) is 43.3 Å². The van der Waals surface area contributed by atoms with Gasteiger partial charge in [-0.15, -0.1) is 0 Å². The minimum absolute atomic E-state index is 0.0807. The van der Waals surface area contributed by atoms with Crippen molar-refractivity contribution >= 4 is 26.7 Å². The summed E-state index contributed by atoms with van der Waals surface area (Å²) in [6.45, 7) is 2.24. The number of hydrogen-bond donors (Lipinski definition) is 0. The molecule has 1 aliphatic heterocycles. The van der Waals surface area contributed by atoms with Crippen LogP contribution in [-0.4, -0.2) is 68.2 Å². The van der Waals surface area contributed by atoms with E-state index in [1.807, 2.05) is 0 Å². The van der Waals surface area contributed by atoms with Gasteiger partial charge in [-0.3, -0.25) is 0 Å². The number of piperidine rings is 1. The molecule has 2 heterocycles. The van der Waals surface area contributed by atoms with Gasteiger partial charge in [-0.1, -0.05) is 0 Å². The van der Waals surface area contributed by atoms with Crippen LogP contribution in [0.2, 0.25) is 0 Å². The maximum atomic E-state index is 11.6. The fraction of sp³-hybridized carbons (Fsp3) is 0.833. The molecular weight excluding hydrogens is 312 g/mol. The molecule has 1 aliphatic rings. The van der Waals surface area contributed by atoms with Crippen LogP contribution < -0.4 is 4.90 Å². The van der Waals surface area contributed by atoms with Gasteiger partial charge in [0, 0.05) is 51.2 Å². The lowest BCUT2D eigenvalue weighted by Gasteiger charge is -2.35. The first-order valence-corrected chi connectivity index (χ1v) is 9.53. The fourth-order valence-corrected chi connectivity index (χ4v) is 3.88. The highest BCUT2D eigenvalue weighted by Gasteiger charge is 2.28. The summed E-state index contributed by atoms with van der Waals surface area (Å²) in [7, 11) is 0.204. The van der Waals surface area contributed by atoms with E-state index in [4.69, 9.17) is 4.74 Å². The third-order valence-electron chi connectivity index (χ3n) is 3.76. The zero-order valence-corrected chi connectivity index (χ0v) is 14.3. The number of rotatable bonds is 6. The molecule has 1 aromatic heterocycles. The number of methoxy groups -OCH3 is 1. The maximum absolute atomic E-state index is 11.6. The Balaban J connectivity index is 1.90. The first-order chi connectivity index (χ1) is 9.91. The lowest BCUT2D eigenvalue weighted by atomic mass is 10.1. The van der Waals surface area contributed by atoms with Gasteiger partial charge in [0.05, 0.1) is 12.9 Å². The molecule has 1 aromatic rings. The second-order valence-corrected chi connectivity index (χ2v) is 8.01. The quantitative estimate of drug-likeness (QED) is 0.758. The molecule has 0 unspecified atom stereocenters. The van der Waals surface area contributed by atoms with Gasteiger partial charge in [0.15, 0.2) is 0 Å². The minimum Gasteiger partial charge on any atom is -0.384 e. The van der Waals surface area contributed by atoms with Crippen molar-refractivity contribution < 1.29 is 13.2 Å². The largest absolute Gasteiger partial charge is 0.384 e. The van der Waals surface area contributed by atoms with E-state index >= 15 is 0 Å². The van der Waals surface area contributed by atoms with Crippen LogP contribution in [0.5, 0.6) is 0 Å². The van der Waals surface area contributed by atoms with Gasteiger partial charge in [-0.25, -0.2) is 17.7 Å². The fourth-order valence-electron chi connectivity index (χ4n) is 2.36. The molecule has 2 rings (SSSR count). The highest BCUT2D eigenvalue weighted by atomic mass is 32.2. The van der Waals surface area contributed by atoms with Gasteiger partial charge < -0.3 is 9.64 Å². The lowest BCUT2D eigenvalue weighted by molar-refractivity contribution is 0.201. The Bertz CT molecular complexity index is 553. The molecule has 21 heavy (non-hydrogen) atoms. The Labute approximate surface area is 130 Å². The molecule has 9 heteroatoms. The third-order valence-corrected chi connectivity index (χ3v) is 5.92. The molecule has 0 atom stereocenters. The highest BCUT2D eigenvalue weighted by molar-refractivity contribution is 7.88. The number of ether oxygens (including phenoxy) is 1. The second-order valence-electron chi connectivity index (χ2n) is 5.23. The summed E-state index contributed by atoms with van der Waals surface area (Å²) in [5.74, 6) is 0.812. The number of nitrogens with zero attached hydrogens (tertiary/aromatic N) is 4. The summed E-state index contributed by atoms with van der Waals surface area (Å²) >= 11 is 1.40. The van der Waals surface area contributed by atoms with Crippen LogP contribution in [0, 0.1) is 0 Å². The third kappa shape index (κ3) is 4.35. The summed E-state index contributed by atoms with van der Waals surface area (Å²) in [5.41, 5.74) is 0. The molecule has 0 bridgehead atoms. The van der Waals surface area contributed by atoms with E-state index in [0.29, 0.717) is 6.61 Å². The molecule has 0 saturated carbocycles. The zero-order chi connectivity index (χ0) is 15.5. The van der Waals surface area contributed by atoms with Crippen LogP contribution in [0.25, 0.3) is 0 Å². The van der Waals surface area contributed by atoms with Crippen molar-refractivity contribution in [3.63, 3.8) is 0 Å². The van der Waals surface area contributed by atoms with Crippen LogP contribution in [0.15, 0.2) is 0 Å². The summed E-state index contributed by atoms with van der Waals surface area (Å²) in [6, 6.07) is 0.0807. The maximum Gasteiger partial charge on any atom is 0.211 e. The minimum atomic E-state index is -3.12. The van der Waals surface area contributed by atoms with E-state index in [-0.39, 0.29) is 6.04 Å². The van der Waals surface area contributed by atoms with E-state index < -0.39 is 10.0 Å². The second kappa shape index (κ2) is 6.99. The Morgan fingerprint density at radius 3 is 2.67 bits per heavy atom. The predicted octanol–water partition coefficient (Wildman–Crippen LogP) is 0.587. The Morgan fingerprint density at radius 1 is 1.43 bits per heavy atom. The van der Waals surface area contributed by atoms with Crippen molar-refractivity contribution in [3.05, 3.63) is 5.82 Å². The molecule has 0 spiro atoms. The van der Waals surface area contributed by atoms with Crippen molar-refractivity contribution in [2.45, 2.75) is 25.3 Å². The van der Waals surface area contributed by atoms with Crippen molar-refractivity contribution in [1.82, 2.24) is 13.7 Å². The van der Waals surface area contributed by atoms with Crippen LogP contribution in [0.4, 0.5) is 5.13 Å². The SMILES string of the molecule is COCCc1nsc(N2CCC(N(C)S(C)(=O)=O)CC2)n1. The Kier molecular flexibility index (Phi) is 5.53. The molecule has 0 aliphatic carbocycles. The molecule has 0 aromatic carbocycles. The molecule has 0 amide bonds. The average Bonchev–Trinajstić information content (AvgIpc) is 2.92. The predicted molar refractivity (Wildman–Crippen MR) is 83.3 cm³/mol. The number of sulfonamides is 1. The number of anilines is 1. The average molecular weight is 334 g/mol. The van der Waals surface area contributed by atoms with Gasteiger partial charge in [-0.2, -0.15) is 4.37 Å². The molecule has 1 saturated heterocycles. The number of aromatic nitrogens is 2. The van der Waals surface area contributed by atoms with Crippen LogP contribution in [0.1, 0.15) is 18.7 Å². The van der Waals surface area contributed by atoms with E-state index in [1.54, 1.807) is 14.2 Å². The first-order valence-electron chi connectivity index (χ1n) is 6.91. The summed E-state index contributed by atoms with van der Waals surface area (Å²) in [4.78, 5) is 6.69. The van der Waals surface area contributed by atoms with Gasteiger partial charge in [0.25, 0.3) is 0 Å². The number of hydrogen-bond acceptors (Lipinski definition) is 7. The van der Waals surface area contributed by atoms with Gasteiger partial charge in [-0.05, 0) is 12.8 Å². The smallest absolute Gasteiger partial charge is 0.211 e. The molecule has 0 radical (unpaired) electrons. The monoisotopic (exact) mass is 334 g/mol. The van der Waals surface area contributed by atoms with E-state index in [1.165, 1.54) is 22.1 Å². The molecule has 120 valence electrons. The summed E-state index contributed by atoms with van der Waals surface area (Å²) in [5, 5.41) is 0.918. The zero-order valence-electron chi connectivity index (χ0n) is 12.7. The Hall–Kier alpha value is -0.770. The van der Waals surface area contributed by atoms with Crippen LogP contribution in [0.3, 0.4) is 0 Å². The van der Waals surface area contributed by atoms with Crippen molar-refractivity contribution in [1.29, 1.82) is 0 Å². The topological polar surface area (TPSA) is 75.6 Å².